The number of rotatable bonds is 3. The number of nitrogens with zero attached hydrogens (tertiary/aromatic N) is 1. The lowest BCUT2D eigenvalue weighted by molar-refractivity contribution is -0.155. The third kappa shape index (κ3) is 3.82. The number of aliphatic carboxylic acids is 1. The number of carbonyl (C=O) groups is 3. The molecule has 0 bridgehead atoms. The van der Waals surface area contributed by atoms with Crippen molar-refractivity contribution in [3.05, 3.63) is 35.9 Å². The molecule has 3 N–H and O–H groups in total. The number of nitrogens with one attached hydrogen (secondary N) is 2. The third-order valence-electron chi connectivity index (χ3n) is 4.91. The van der Waals surface area contributed by atoms with Crippen LogP contribution in [-0.4, -0.2) is 59.0 Å². The molecule has 2 saturated heterocycles. The maximum atomic E-state index is 13.0. The highest BCUT2D eigenvalue weighted by Crippen LogP contribution is 2.23. The zero-order chi connectivity index (χ0) is 17.8. The van der Waals surface area contributed by atoms with Gasteiger partial charge in [-0.3, -0.25) is 9.59 Å². The molecule has 134 valence electrons. The number of amides is 2. The van der Waals surface area contributed by atoms with Crippen LogP contribution in [0.3, 0.4) is 0 Å². The monoisotopic (exact) mass is 345 g/mol. The van der Waals surface area contributed by atoms with Gasteiger partial charge in [-0.1, -0.05) is 31.0 Å². The van der Waals surface area contributed by atoms with Gasteiger partial charge in [0.05, 0.1) is 0 Å². The number of carboxylic acid groups (broad SMARTS) is 1. The van der Waals surface area contributed by atoms with Crippen molar-refractivity contribution in [3.8, 4) is 0 Å². The molecule has 7 heteroatoms. The van der Waals surface area contributed by atoms with Gasteiger partial charge < -0.3 is 20.6 Å². The van der Waals surface area contributed by atoms with Gasteiger partial charge in [-0.15, -0.1) is 0 Å². The molecule has 0 aliphatic carbocycles. The van der Waals surface area contributed by atoms with E-state index in [9.17, 15) is 19.5 Å². The van der Waals surface area contributed by atoms with Crippen LogP contribution in [0.2, 0.25) is 0 Å². The molecule has 2 aliphatic heterocycles. The van der Waals surface area contributed by atoms with Gasteiger partial charge in [0.2, 0.25) is 5.91 Å². The van der Waals surface area contributed by atoms with Crippen molar-refractivity contribution < 1.29 is 19.5 Å². The lowest BCUT2D eigenvalue weighted by Crippen LogP contribution is -2.65. The van der Waals surface area contributed by atoms with E-state index in [0.717, 1.165) is 19.3 Å². The first-order valence-corrected chi connectivity index (χ1v) is 8.69. The summed E-state index contributed by atoms with van der Waals surface area (Å²) in [5.74, 6) is -1.61. The molecule has 3 rings (SSSR count). The highest BCUT2D eigenvalue weighted by atomic mass is 16.4. The zero-order valence-electron chi connectivity index (χ0n) is 14.0. The Hall–Kier alpha value is -2.41. The summed E-state index contributed by atoms with van der Waals surface area (Å²) in [6.07, 6.45) is 3.04. The van der Waals surface area contributed by atoms with Gasteiger partial charge >= 0.3 is 5.97 Å². The largest absolute Gasteiger partial charge is 0.480 e. The molecule has 0 aromatic heterocycles. The highest BCUT2D eigenvalue weighted by molar-refractivity contribution is 5.98. The van der Waals surface area contributed by atoms with Crippen molar-refractivity contribution >= 4 is 17.8 Å². The summed E-state index contributed by atoms with van der Waals surface area (Å²) in [5.41, 5.74) is 0.490. The van der Waals surface area contributed by atoms with E-state index in [2.05, 4.69) is 10.6 Å². The Bertz CT molecular complexity index is 649. The standard InChI is InChI=1S/C18H23N3O4/c22-16(12-6-2-1-3-7-12)20-14-9-5-4-8-13-10-19-11-15(18(24)25)21(13)17(14)23/h1-3,6-7,13-15,19H,4-5,8-11H2,(H,20,22)(H,24,25)/t13-,14-,15-/m0/s1. The second-order valence-corrected chi connectivity index (χ2v) is 6.59. The third-order valence-corrected chi connectivity index (χ3v) is 4.91. The summed E-state index contributed by atoms with van der Waals surface area (Å²) in [5, 5.41) is 15.4. The van der Waals surface area contributed by atoms with E-state index >= 15 is 0 Å². The fourth-order valence-corrected chi connectivity index (χ4v) is 3.62. The summed E-state index contributed by atoms with van der Waals surface area (Å²) in [7, 11) is 0. The first-order chi connectivity index (χ1) is 12.1. The predicted octanol–water partition coefficient (Wildman–Crippen LogP) is 0.613. The Balaban J connectivity index is 1.80. The van der Waals surface area contributed by atoms with Crippen LogP contribution in [0.15, 0.2) is 30.3 Å². The van der Waals surface area contributed by atoms with Crippen molar-refractivity contribution in [1.29, 1.82) is 0 Å². The van der Waals surface area contributed by atoms with E-state index in [1.807, 2.05) is 6.07 Å². The number of carbonyl (C=O) groups excluding carboxylic acids is 2. The van der Waals surface area contributed by atoms with Crippen molar-refractivity contribution in [2.75, 3.05) is 13.1 Å². The fourth-order valence-electron chi connectivity index (χ4n) is 3.62. The van der Waals surface area contributed by atoms with Crippen LogP contribution in [0.4, 0.5) is 0 Å². The smallest absolute Gasteiger partial charge is 0.327 e. The van der Waals surface area contributed by atoms with Crippen molar-refractivity contribution in [1.82, 2.24) is 15.5 Å². The average molecular weight is 345 g/mol. The Morgan fingerprint density at radius 1 is 1.12 bits per heavy atom. The maximum Gasteiger partial charge on any atom is 0.327 e. The Morgan fingerprint density at radius 3 is 2.56 bits per heavy atom. The Morgan fingerprint density at radius 2 is 1.84 bits per heavy atom. The average Bonchev–Trinajstić information content (AvgIpc) is 2.62. The summed E-state index contributed by atoms with van der Waals surface area (Å²) in [6, 6.07) is 7.02. The minimum Gasteiger partial charge on any atom is -0.480 e. The van der Waals surface area contributed by atoms with Crippen LogP contribution in [0.5, 0.6) is 0 Å². The molecule has 2 amide bonds. The molecule has 2 aliphatic rings. The second kappa shape index (κ2) is 7.65. The Kier molecular flexibility index (Phi) is 5.33. The molecule has 1 aromatic carbocycles. The summed E-state index contributed by atoms with van der Waals surface area (Å²) in [6.45, 7) is 0.825. The number of piperazine rings is 1. The van der Waals surface area contributed by atoms with Gasteiger partial charge in [0, 0.05) is 24.7 Å². The van der Waals surface area contributed by atoms with Gasteiger partial charge in [0.25, 0.3) is 5.91 Å². The highest BCUT2D eigenvalue weighted by Gasteiger charge is 2.41. The molecule has 0 saturated carbocycles. The predicted molar refractivity (Wildman–Crippen MR) is 91.1 cm³/mol. The maximum absolute atomic E-state index is 13.0. The first kappa shape index (κ1) is 17.4. The molecule has 2 heterocycles. The number of hydrogen-bond acceptors (Lipinski definition) is 4. The summed E-state index contributed by atoms with van der Waals surface area (Å²) < 4.78 is 0. The summed E-state index contributed by atoms with van der Waals surface area (Å²) in [4.78, 5) is 38.5. The molecule has 0 unspecified atom stereocenters. The number of carboxylic acids is 1. The van der Waals surface area contributed by atoms with E-state index in [0.29, 0.717) is 18.5 Å². The topological polar surface area (TPSA) is 98.7 Å². The summed E-state index contributed by atoms with van der Waals surface area (Å²) >= 11 is 0. The number of benzene rings is 1. The van der Waals surface area contributed by atoms with E-state index in [1.165, 1.54) is 4.90 Å². The fraction of sp³-hybridized carbons (Fsp3) is 0.500. The lowest BCUT2D eigenvalue weighted by Gasteiger charge is -2.43. The van der Waals surface area contributed by atoms with E-state index in [4.69, 9.17) is 0 Å². The molecule has 2 fully saturated rings. The zero-order valence-corrected chi connectivity index (χ0v) is 14.0. The normalized spacial score (nSPS) is 27.0. The van der Waals surface area contributed by atoms with E-state index < -0.39 is 18.1 Å². The molecule has 0 radical (unpaired) electrons. The quantitative estimate of drug-likeness (QED) is 0.746. The van der Waals surface area contributed by atoms with Crippen molar-refractivity contribution in [3.63, 3.8) is 0 Å². The van der Waals surface area contributed by atoms with Crippen molar-refractivity contribution in [2.24, 2.45) is 0 Å². The minimum absolute atomic E-state index is 0.140. The molecule has 25 heavy (non-hydrogen) atoms. The molecular weight excluding hydrogens is 322 g/mol. The number of fused-ring (bicyclic) bond motifs is 1. The molecule has 1 aromatic rings. The second-order valence-electron chi connectivity index (χ2n) is 6.59. The first-order valence-electron chi connectivity index (χ1n) is 8.69. The van der Waals surface area contributed by atoms with Gasteiger partial charge in [0.1, 0.15) is 12.1 Å². The van der Waals surface area contributed by atoms with Gasteiger partial charge in [-0.05, 0) is 25.0 Å². The van der Waals surface area contributed by atoms with Crippen molar-refractivity contribution in [2.45, 2.75) is 43.8 Å². The van der Waals surface area contributed by atoms with Crippen LogP contribution in [-0.2, 0) is 9.59 Å². The molecular formula is C18H23N3O4. The Labute approximate surface area is 146 Å². The minimum atomic E-state index is -1.01. The van der Waals surface area contributed by atoms with Gasteiger partial charge in [-0.25, -0.2) is 4.79 Å². The van der Waals surface area contributed by atoms with Crippen LogP contribution in [0.1, 0.15) is 36.0 Å². The molecule has 3 atom stereocenters. The molecule has 0 spiro atoms. The lowest BCUT2D eigenvalue weighted by atomic mass is 9.94. The van der Waals surface area contributed by atoms with Gasteiger partial charge in [0.15, 0.2) is 0 Å². The SMILES string of the molecule is O=C(N[C@H]1CCCC[C@H]2CNC[C@@H](C(=O)O)N2C1=O)c1ccccc1. The van der Waals surface area contributed by atoms with Crippen LogP contribution in [0, 0.1) is 0 Å². The van der Waals surface area contributed by atoms with E-state index in [1.54, 1.807) is 24.3 Å². The molecule has 7 nitrogen and oxygen atoms in total. The van der Waals surface area contributed by atoms with E-state index in [-0.39, 0.29) is 24.4 Å². The van der Waals surface area contributed by atoms with Gasteiger partial charge in [-0.2, -0.15) is 0 Å². The van der Waals surface area contributed by atoms with Crippen LogP contribution >= 0.6 is 0 Å². The van der Waals surface area contributed by atoms with Crippen LogP contribution < -0.4 is 10.6 Å². The number of hydrogen-bond donors (Lipinski definition) is 3. The van der Waals surface area contributed by atoms with Crippen LogP contribution in [0.25, 0.3) is 0 Å².